The summed E-state index contributed by atoms with van der Waals surface area (Å²) >= 11 is 0. The van der Waals surface area contributed by atoms with Gasteiger partial charge in [-0.05, 0) is 47.1 Å². The predicted molar refractivity (Wildman–Crippen MR) is 73.3 cm³/mol. The zero-order chi connectivity index (χ0) is 15.0. The Hall–Kier alpha value is -1.30. The molecule has 0 radical (unpaired) electrons. The number of esters is 1. The Balaban J connectivity index is 2.23. The van der Waals surface area contributed by atoms with Gasteiger partial charge in [-0.15, -0.1) is 0 Å². The van der Waals surface area contributed by atoms with E-state index in [0.29, 0.717) is 26.1 Å². The van der Waals surface area contributed by atoms with Crippen LogP contribution in [0.3, 0.4) is 0 Å². The number of likely N-dealkylation sites (tertiary alicyclic amines) is 1. The van der Waals surface area contributed by atoms with Crippen molar-refractivity contribution < 1.29 is 19.1 Å². The molecule has 1 amide bonds. The molecule has 0 aliphatic carbocycles. The molecule has 2 atom stereocenters. The van der Waals surface area contributed by atoms with Gasteiger partial charge in [-0.3, -0.25) is 4.90 Å². The van der Waals surface area contributed by atoms with Gasteiger partial charge in [0.1, 0.15) is 5.60 Å². The summed E-state index contributed by atoms with van der Waals surface area (Å²) in [7, 11) is 0. The standard InChI is InChI=1S/C14H24N2O4/c1-5-19-11(17)14-7-8-15-10(14)6-9-16(14)12(18)20-13(2,3)4/h10,15H,5-9H2,1-4H3/t10-,14+/m0/s1. The van der Waals surface area contributed by atoms with E-state index in [9.17, 15) is 9.59 Å². The number of rotatable bonds is 2. The van der Waals surface area contributed by atoms with Crippen LogP contribution >= 0.6 is 0 Å². The minimum absolute atomic E-state index is 0.0333. The molecule has 6 nitrogen and oxygen atoms in total. The molecule has 0 spiro atoms. The Morgan fingerprint density at radius 1 is 1.40 bits per heavy atom. The molecule has 2 saturated heterocycles. The fraction of sp³-hybridized carbons (Fsp3) is 0.857. The van der Waals surface area contributed by atoms with Crippen LogP contribution in [0.15, 0.2) is 0 Å². The molecule has 6 heteroatoms. The van der Waals surface area contributed by atoms with Crippen LogP contribution in [0.25, 0.3) is 0 Å². The number of hydrogen-bond donors (Lipinski definition) is 1. The second-order valence-corrected chi connectivity index (χ2v) is 6.32. The van der Waals surface area contributed by atoms with E-state index in [1.54, 1.807) is 11.8 Å². The van der Waals surface area contributed by atoms with Gasteiger partial charge in [0.05, 0.1) is 6.61 Å². The third-order valence-corrected chi connectivity index (χ3v) is 3.84. The molecule has 1 N–H and O–H groups in total. The number of nitrogens with one attached hydrogen (secondary N) is 1. The van der Waals surface area contributed by atoms with Crippen LogP contribution < -0.4 is 5.32 Å². The molecule has 20 heavy (non-hydrogen) atoms. The topological polar surface area (TPSA) is 67.9 Å². The van der Waals surface area contributed by atoms with Gasteiger partial charge in [-0.1, -0.05) is 0 Å². The molecule has 0 aromatic heterocycles. The number of nitrogens with zero attached hydrogens (tertiary/aromatic N) is 1. The second kappa shape index (κ2) is 5.24. The van der Waals surface area contributed by atoms with Crippen molar-refractivity contribution in [3.8, 4) is 0 Å². The van der Waals surface area contributed by atoms with Gasteiger partial charge in [0.15, 0.2) is 5.54 Å². The summed E-state index contributed by atoms with van der Waals surface area (Å²) in [5.74, 6) is -0.321. The Morgan fingerprint density at radius 3 is 2.70 bits per heavy atom. The Kier molecular flexibility index (Phi) is 3.95. The molecular formula is C14H24N2O4. The average Bonchev–Trinajstić information content (AvgIpc) is 2.84. The Morgan fingerprint density at radius 2 is 2.10 bits per heavy atom. The molecule has 2 aliphatic heterocycles. The molecule has 0 bridgehead atoms. The molecule has 114 valence electrons. The highest BCUT2D eigenvalue weighted by Crippen LogP contribution is 2.38. The number of amides is 1. The van der Waals surface area contributed by atoms with E-state index < -0.39 is 17.2 Å². The Bertz CT molecular complexity index is 404. The van der Waals surface area contributed by atoms with Gasteiger partial charge >= 0.3 is 12.1 Å². The highest BCUT2D eigenvalue weighted by Gasteiger charge is 2.60. The monoisotopic (exact) mass is 284 g/mol. The normalized spacial score (nSPS) is 29.2. The number of carbonyl (C=O) groups excluding carboxylic acids is 2. The largest absolute Gasteiger partial charge is 0.464 e. The first-order valence-electron chi connectivity index (χ1n) is 7.22. The van der Waals surface area contributed by atoms with E-state index >= 15 is 0 Å². The lowest BCUT2D eigenvalue weighted by Crippen LogP contribution is -2.58. The third-order valence-electron chi connectivity index (χ3n) is 3.84. The molecule has 0 aromatic rings. The molecule has 0 unspecified atom stereocenters. The maximum absolute atomic E-state index is 12.4. The number of hydrogen-bond acceptors (Lipinski definition) is 5. The van der Waals surface area contributed by atoms with E-state index in [-0.39, 0.29) is 12.0 Å². The highest BCUT2D eigenvalue weighted by atomic mass is 16.6. The van der Waals surface area contributed by atoms with Crippen LogP contribution in [0.1, 0.15) is 40.5 Å². The van der Waals surface area contributed by atoms with Crippen molar-refractivity contribution in [1.82, 2.24) is 10.2 Å². The molecule has 2 heterocycles. The van der Waals surface area contributed by atoms with Crippen LogP contribution in [-0.4, -0.2) is 53.8 Å². The van der Waals surface area contributed by atoms with Crippen molar-refractivity contribution in [3.05, 3.63) is 0 Å². The minimum atomic E-state index is -0.891. The molecular weight excluding hydrogens is 260 g/mol. The number of carbonyl (C=O) groups is 2. The molecule has 2 rings (SSSR count). The lowest BCUT2D eigenvalue weighted by atomic mass is 9.91. The average molecular weight is 284 g/mol. The first-order valence-corrected chi connectivity index (χ1v) is 7.22. The van der Waals surface area contributed by atoms with E-state index in [1.807, 2.05) is 20.8 Å². The molecule has 2 fully saturated rings. The van der Waals surface area contributed by atoms with Crippen LogP contribution in [0.5, 0.6) is 0 Å². The number of ether oxygens (including phenoxy) is 2. The first-order chi connectivity index (χ1) is 9.31. The van der Waals surface area contributed by atoms with Gasteiger partial charge in [0.2, 0.25) is 0 Å². The fourth-order valence-electron chi connectivity index (χ4n) is 3.08. The van der Waals surface area contributed by atoms with Crippen LogP contribution in [0, 0.1) is 0 Å². The smallest absolute Gasteiger partial charge is 0.411 e. The van der Waals surface area contributed by atoms with Crippen molar-refractivity contribution in [2.45, 2.75) is 57.7 Å². The van der Waals surface area contributed by atoms with Crippen molar-refractivity contribution in [2.24, 2.45) is 0 Å². The van der Waals surface area contributed by atoms with Crippen molar-refractivity contribution >= 4 is 12.1 Å². The van der Waals surface area contributed by atoms with Crippen LogP contribution in [-0.2, 0) is 14.3 Å². The zero-order valence-corrected chi connectivity index (χ0v) is 12.7. The van der Waals surface area contributed by atoms with Crippen LogP contribution in [0.4, 0.5) is 4.79 Å². The van der Waals surface area contributed by atoms with Crippen molar-refractivity contribution in [2.75, 3.05) is 19.7 Å². The number of fused-ring (bicyclic) bond motifs is 1. The lowest BCUT2D eigenvalue weighted by Gasteiger charge is -2.36. The SMILES string of the molecule is CCOC(=O)[C@@]12CCN[C@H]1CCN2C(=O)OC(C)(C)C. The first kappa shape index (κ1) is 15.1. The second-order valence-electron chi connectivity index (χ2n) is 6.32. The molecule has 0 saturated carbocycles. The Labute approximate surface area is 119 Å². The van der Waals surface area contributed by atoms with Gasteiger partial charge in [-0.25, -0.2) is 9.59 Å². The minimum Gasteiger partial charge on any atom is -0.464 e. The summed E-state index contributed by atoms with van der Waals surface area (Å²) in [6.07, 6.45) is 0.894. The van der Waals surface area contributed by atoms with E-state index in [4.69, 9.17) is 9.47 Å². The quantitative estimate of drug-likeness (QED) is 0.774. The lowest BCUT2D eigenvalue weighted by molar-refractivity contribution is -0.155. The zero-order valence-electron chi connectivity index (χ0n) is 12.7. The predicted octanol–water partition coefficient (Wildman–Crippen LogP) is 1.29. The van der Waals surface area contributed by atoms with Crippen LogP contribution in [0.2, 0.25) is 0 Å². The summed E-state index contributed by atoms with van der Waals surface area (Å²) < 4.78 is 10.6. The maximum Gasteiger partial charge on any atom is 0.411 e. The maximum atomic E-state index is 12.4. The van der Waals surface area contributed by atoms with E-state index in [1.165, 1.54) is 0 Å². The summed E-state index contributed by atoms with van der Waals surface area (Å²) in [6, 6.07) is -0.0333. The van der Waals surface area contributed by atoms with Crippen molar-refractivity contribution in [1.29, 1.82) is 0 Å². The van der Waals surface area contributed by atoms with Gasteiger partial charge < -0.3 is 14.8 Å². The van der Waals surface area contributed by atoms with Gasteiger partial charge in [-0.2, -0.15) is 0 Å². The molecule has 2 aliphatic rings. The summed E-state index contributed by atoms with van der Waals surface area (Å²) in [5.41, 5.74) is -1.46. The third kappa shape index (κ3) is 2.49. The highest BCUT2D eigenvalue weighted by molar-refractivity contribution is 5.88. The summed E-state index contributed by atoms with van der Waals surface area (Å²) in [6.45, 7) is 8.79. The molecule has 0 aromatic carbocycles. The fourth-order valence-corrected chi connectivity index (χ4v) is 3.08. The summed E-state index contributed by atoms with van der Waals surface area (Å²) in [4.78, 5) is 26.4. The van der Waals surface area contributed by atoms with E-state index in [0.717, 1.165) is 6.42 Å². The van der Waals surface area contributed by atoms with Crippen molar-refractivity contribution in [3.63, 3.8) is 0 Å². The van der Waals surface area contributed by atoms with E-state index in [2.05, 4.69) is 5.32 Å². The summed E-state index contributed by atoms with van der Waals surface area (Å²) in [5, 5.41) is 3.30. The van der Waals surface area contributed by atoms with Gasteiger partial charge in [0.25, 0.3) is 0 Å². The van der Waals surface area contributed by atoms with Gasteiger partial charge in [0, 0.05) is 12.6 Å².